The molecule has 0 aromatic heterocycles. The number of aliphatic hydroxyl groups is 1. The van der Waals surface area contributed by atoms with Crippen LogP contribution in [0.15, 0.2) is 28.7 Å². The van der Waals surface area contributed by atoms with E-state index >= 15 is 0 Å². The van der Waals surface area contributed by atoms with Gasteiger partial charge in [-0.3, -0.25) is 4.79 Å². The Balaban J connectivity index is 2.73. The van der Waals surface area contributed by atoms with Gasteiger partial charge in [-0.15, -0.1) is 0 Å². The summed E-state index contributed by atoms with van der Waals surface area (Å²) in [6.45, 7) is -0.601. The normalized spacial score (nSPS) is 11.9. The number of likely N-dealkylation sites (N-methyl/N-ethyl adjacent to an activating group) is 1. The number of aliphatic hydroxyl groups excluding tert-OH is 1. The Morgan fingerprint density at radius 3 is 2.61 bits per heavy atom. The molecule has 1 rings (SSSR count). The highest BCUT2D eigenvalue weighted by molar-refractivity contribution is 9.10. The smallest absolute Gasteiger partial charge is 0.328 e. The lowest BCUT2D eigenvalue weighted by atomic mass is 10.1. The molecule has 1 atom stereocenters. The van der Waals surface area contributed by atoms with Gasteiger partial charge in [0.2, 0.25) is 5.91 Å². The first-order valence-corrected chi connectivity index (χ1v) is 6.08. The highest BCUT2D eigenvalue weighted by Crippen LogP contribution is 2.13. The van der Waals surface area contributed by atoms with E-state index in [9.17, 15) is 9.59 Å². The summed E-state index contributed by atoms with van der Waals surface area (Å²) in [6, 6.07) is 6.01. The second-order valence-corrected chi connectivity index (χ2v) is 4.76. The van der Waals surface area contributed by atoms with Gasteiger partial charge in [0.1, 0.15) is 0 Å². The van der Waals surface area contributed by atoms with Crippen LogP contribution in [0.5, 0.6) is 0 Å². The summed E-state index contributed by atoms with van der Waals surface area (Å²) in [5, 5.41) is 17.8. The van der Waals surface area contributed by atoms with Crippen molar-refractivity contribution in [3.8, 4) is 0 Å². The number of aliphatic carboxylic acids is 1. The topological polar surface area (TPSA) is 77.8 Å². The van der Waals surface area contributed by atoms with E-state index in [-0.39, 0.29) is 12.3 Å². The van der Waals surface area contributed by atoms with Crippen molar-refractivity contribution in [3.63, 3.8) is 0 Å². The minimum atomic E-state index is -1.22. The molecule has 0 heterocycles. The van der Waals surface area contributed by atoms with Crippen LogP contribution in [-0.4, -0.2) is 46.7 Å². The first-order chi connectivity index (χ1) is 8.45. The molecule has 1 aromatic rings. The van der Waals surface area contributed by atoms with E-state index in [4.69, 9.17) is 10.2 Å². The van der Waals surface area contributed by atoms with Crippen LogP contribution >= 0.6 is 15.9 Å². The van der Waals surface area contributed by atoms with Crippen LogP contribution in [0.4, 0.5) is 0 Å². The molecule has 0 radical (unpaired) electrons. The van der Waals surface area contributed by atoms with Crippen LogP contribution < -0.4 is 0 Å². The molecule has 0 spiro atoms. The Kier molecular flexibility index (Phi) is 5.30. The molecule has 6 heteroatoms. The molecule has 1 unspecified atom stereocenters. The first-order valence-electron chi connectivity index (χ1n) is 5.29. The predicted molar refractivity (Wildman–Crippen MR) is 69.1 cm³/mol. The Bertz CT molecular complexity index is 449. The van der Waals surface area contributed by atoms with Crippen LogP contribution in [0.2, 0.25) is 0 Å². The zero-order chi connectivity index (χ0) is 13.7. The highest BCUT2D eigenvalue weighted by Gasteiger charge is 2.25. The molecular weight excluding hydrogens is 302 g/mol. The third-order valence-corrected chi connectivity index (χ3v) is 3.06. The summed E-state index contributed by atoms with van der Waals surface area (Å²) in [6.07, 6.45) is 0.0969. The van der Waals surface area contributed by atoms with Crippen molar-refractivity contribution in [2.24, 2.45) is 0 Å². The van der Waals surface area contributed by atoms with Gasteiger partial charge in [-0.25, -0.2) is 4.79 Å². The first kappa shape index (κ1) is 14.7. The maximum Gasteiger partial charge on any atom is 0.328 e. The summed E-state index contributed by atoms with van der Waals surface area (Å²) in [4.78, 5) is 23.7. The zero-order valence-electron chi connectivity index (χ0n) is 9.84. The van der Waals surface area contributed by atoms with Gasteiger partial charge in [0.05, 0.1) is 13.0 Å². The number of hydrogen-bond donors (Lipinski definition) is 2. The maximum absolute atomic E-state index is 11.9. The van der Waals surface area contributed by atoms with Gasteiger partial charge in [-0.05, 0) is 17.7 Å². The van der Waals surface area contributed by atoms with Gasteiger partial charge in [0, 0.05) is 11.5 Å². The molecule has 18 heavy (non-hydrogen) atoms. The quantitative estimate of drug-likeness (QED) is 0.846. The van der Waals surface area contributed by atoms with Crippen molar-refractivity contribution in [1.29, 1.82) is 0 Å². The van der Waals surface area contributed by atoms with Gasteiger partial charge in [-0.1, -0.05) is 28.1 Å². The van der Waals surface area contributed by atoms with E-state index < -0.39 is 18.6 Å². The van der Waals surface area contributed by atoms with E-state index in [0.29, 0.717) is 0 Å². The minimum absolute atomic E-state index is 0.0969. The Labute approximate surface area is 113 Å². The van der Waals surface area contributed by atoms with Crippen molar-refractivity contribution in [2.75, 3.05) is 13.7 Å². The monoisotopic (exact) mass is 315 g/mol. The fourth-order valence-corrected chi connectivity index (χ4v) is 1.93. The minimum Gasteiger partial charge on any atom is -0.480 e. The number of carbonyl (C=O) groups is 2. The zero-order valence-corrected chi connectivity index (χ0v) is 11.4. The van der Waals surface area contributed by atoms with Crippen LogP contribution in [0.1, 0.15) is 5.56 Å². The maximum atomic E-state index is 11.9. The number of hydrogen-bond acceptors (Lipinski definition) is 3. The van der Waals surface area contributed by atoms with Crippen molar-refractivity contribution >= 4 is 27.8 Å². The number of carbonyl (C=O) groups excluding carboxylic acids is 1. The van der Waals surface area contributed by atoms with Crippen LogP contribution in [0, 0.1) is 0 Å². The Morgan fingerprint density at radius 2 is 2.11 bits per heavy atom. The van der Waals surface area contributed by atoms with E-state index in [1.807, 2.05) is 6.07 Å². The van der Waals surface area contributed by atoms with Gasteiger partial charge in [-0.2, -0.15) is 0 Å². The SMILES string of the molecule is CN(C(=O)Cc1cccc(Br)c1)C(CO)C(=O)O. The second-order valence-electron chi connectivity index (χ2n) is 3.85. The molecule has 2 N–H and O–H groups in total. The molecule has 98 valence electrons. The van der Waals surface area contributed by atoms with Crippen molar-refractivity contribution in [2.45, 2.75) is 12.5 Å². The fraction of sp³-hybridized carbons (Fsp3) is 0.333. The van der Waals surface area contributed by atoms with Crippen LogP contribution in [-0.2, 0) is 16.0 Å². The Morgan fingerprint density at radius 1 is 1.44 bits per heavy atom. The molecule has 0 bridgehead atoms. The molecular formula is C12H14BrNO4. The van der Waals surface area contributed by atoms with E-state index in [0.717, 1.165) is 14.9 Å². The molecule has 1 aromatic carbocycles. The summed E-state index contributed by atoms with van der Waals surface area (Å²) in [7, 11) is 1.37. The molecule has 0 saturated carbocycles. The molecule has 0 fully saturated rings. The van der Waals surface area contributed by atoms with Crippen molar-refractivity contribution < 1.29 is 19.8 Å². The molecule has 1 amide bonds. The second kappa shape index (κ2) is 6.51. The summed E-state index contributed by atoms with van der Waals surface area (Å²) in [5.41, 5.74) is 0.781. The van der Waals surface area contributed by atoms with Crippen LogP contribution in [0.3, 0.4) is 0 Å². The summed E-state index contributed by atoms with van der Waals surface area (Å²) >= 11 is 3.30. The summed E-state index contributed by atoms with van der Waals surface area (Å²) in [5.74, 6) is -1.57. The largest absolute Gasteiger partial charge is 0.480 e. The third kappa shape index (κ3) is 3.82. The third-order valence-electron chi connectivity index (χ3n) is 2.56. The van der Waals surface area contributed by atoms with Gasteiger partial charge >= 0.3 is 5.97 Å². The number of carboxylic acids is 1. The molecule has 5 nitrogen and oxygen atoms in total. The lowest BCUT2D eigenvalue weighted by Gasteiger charge is -2.23. The number of amides is 1. The highest BCUT2D eigenvalue weighted by atomic mass is 79.9. The van der Waals surface area contributed by atoms with E-state index in [2.05, 4.69) is 15.9 Å². The van der Waals surface area contributed by atoms with Gasteiger partial charge in [0.25, 0.3) is 0 Å². The average molecular weight is 316 g/mol. The predicted octanol–water partition coefficient (Wildman–Crippen LogP) is 0.895. The van der Waals surface area contributed by atoms with E-state index in [1.54, 1.807) is 18.2 Å². The fourth-order valence-electron chi connectivity index (χ4n) is 1.49. The Hall–Kier alpha value is -1.40. The number of halogens is 1. The molecule has 0 aliphatic heterocycles. The lowest BCUT2D eigenvalue weighted by Crippen LogP contribution is -2.45. The average Bonchev–Trinajstić information content (AvgIpc) is 2.29. The van der Waals surface area contributed by atoms with Gasteiger partial charge in [0.15, 0.2) is 6.04 Å². The lowest BCUT2D eigenvalue weighted by molar-refractivity contribution is -0.150. The summed E-state index contributed by atoms with van der Waals surface area (Å²) < 4.78 is 0.854. The number of carboxylic acid groups (broad SMARTS) is 1. The molecule has 0 saturated heterocycles. The number of benzene rings is 1. The van der Waals surface area contributed by atoms with Gasteiger partial charge < -0.3 is 15.1 Å². The van der Waals surface area contributed by atoms with Crippen LogP contribution in [0.25, 0.3) is 0 Å². The standard InChI is InChI=1S/C12H14BrNO4/c1-14(10(7-15)12(17)18)11(16)6-8-3-2-4-9(13)5-8/h2-5,10,15H,6-7H2,1H3,(H,17,18). The van der Waals surface area contributed by atoms with Crippen molar-refractivity contribution in [1.82, 2.24) is 4.90 Å². The molecule has 0 aliphatic carbocycles. The number of nitrogens with zero attached hydrogens (tertiary/aromatic N) is 1. The van der Waals surface area contributed by atoms with Crippen molar-refractivity contribution in [3.05, 3.63) is 34.3 Å². The molecule has 0 aliphatic rings. The van der Waals surface area contributed by atoms with E-state index in [1.165, 1.54) is 7.05 Å². The number of rotatable bonds is 5.